The van der Waals surface area contributed by atoms with Gasteiger partial charge >= 0.3 is 6.36 Å². The van der Waals surface area contributed by atoms with E-state index in [0.29, 0.717) is 28.1 Å². The van der Waals surface area contributed by atoms with Crippen LogP contribution in [0.5, 0.6) is 11.5 Å². The maximum Gasteiger partial charge on any atom is 0.573 e. The Morgan fingerprint density at radius 3 is 2.22 bits per heavy atom. The van der Waals surface area contributed by atoms with E-state index in [0.717, 1.165) is 16.8 Å². The molecule has 0 aromatic heterocycles. The van der Waals surface area contributed by atoms with Gasteiger partial charge in [-0.25, -0.2) is 0 Å². The number of halogens is 3. The highest BCUT2D eigenvalue weighted by atomic mass is 32.1. The molecule has 0 aliphatic carbocycles. The molecule has 188 valence electrons. The summed E-state index contributed by atoms with van der Waals surface area (Å²) in [5, 5.41) is 11.7. The van der Waals surface area contributed by atoms with Crippen LogP contribution in [-0.2, 0) is 0 Å². The third-order valence-corrected chi connectivity index (χ3v) is 5.08. The lowest BCUT2D eigenvalue weighted by molar-refractivity contribution is -0.274. The van der Waals surface area contributed by atoms with Gasteiger partial charge in [0.05, 0.1) is 11.9 Å². The van der Waals surface area contributed by atoms with Gasteiger partial charge in [0.2, 0.25) is 0 Å². The molecule has 0 saturated carbocycles. The minimum absolute atomic E-state index is 0.302. The Hall–Kier alpha value is -3.92. The zero-order valence-electron chi connectivity index (χ0n) is 19.8. The smallest absolute Gasteiger partial charge is 0.406 e. The second-order valence-corrected chi connectivity index (χ2v) is 8.38. The Labute approximate surface area is 212 Å². The van der Waals surface area contributed by atoms with Crippen LogP contribution in [0.2, 0.25) is 0 Å². The van der Waals surface area contributed by atoms with Crippen molar-refractivity contribution in [3.63, 3.8) is 0 Å². The first-order valence-electron chi connectivity index (χ1n) is 11.0. The molecule has 2 N–H and O–H groups in total. The quantitative estimate of drug-likeness (QED) is 0.196. The Balaban J connectivity index is 1.51. The van der Waals surface area contributed by atoms with Crippen molar-refractivity contribution in [2.45, 2.75) is 33.1 Å². The third-order valence-electron chi connectivity index (χ3n) is 4.88. The zero-order valence-corrected chi connectivity index (χ0v) is 20.7. The fourth-order valence-electron chi connectivity index (χ4n) is 3.12. The summed E-state index contributed by atoms with van der Waals surface area (Å²) in [6.45, 7) is 5.91. The summed E-state index contributed by atoms with van der Waals surface area (Å²) >= 11 is 5.32. The molecule has 0 atom stereocenters. The van der Waals surface area contributed by atoms with Crippen molar-refractivity contribution in [3.8, 4) is 11.5 Å². The summed E-state index contributed by atoms with van der Waals surface area (Å²) in [5.74, 6) is 0.537. The fourth-order valence-corrected chi connectivity index (χ4v) is 3.28. The molecule has 0 radical (unpaired) electrons. The monoisotopic (exact) mass is 514 g/mol. The second kappa shape index (κ2) is 12.2. The Kier molecular flexibility index (Phi) is 9.02. The van der Waals surface area contributed by atoms with Gasteiger partial charge in [0.1, 0.15) is 5.75 Å². The standard InChI is InChI=1S/C26H25F3N4O2S/c1-17(2)23-6-4-5-7-24(23)31-25(36)32-30-16-19-8-12-22(13-9-19)35-33-18(3)20-10-14-21(15-11-20)34-26(27,28)29/h4-17H,1-3H3,(H2,31,32,36). The average molecular weight is 515 g/mol. The molecule has 0 amide bonds. The molecular weight excluding hydrogens is 489 g/mol. The minimum Gasteiger partial charge on any atom is -0.406 e. The highest BCUT2D eigenvalue weighted by Gasteiger charge is 2.30. The van der Waals surface area contributed by atoms with E-state index >= 15 is 0 Å². The Bertz CT molecular complexity index is 1230. The first kappa shape index (κ1) is 26.7. The number of anilines is 1. The van der Waals surface area contributed by atoms with Crippen LogP contribution in [0.4, 0.5) is 18.9 Å². The molecule has 3 rings (SSSR count). The summed E-state index contributed by atoms with van der Waals surface area (Å²) in [4.78, 5) is 5.41. The van der Waals surface area contributed by atoms with Crippen LogP contribution in [0.3, 0.4) is 0 Å². The number of rotatable bonds is 8. The SMILES string of the molecule is CC(=NOc1ccc(C=NNC(=S)Nc2ccccc2C(C)C)cc1)c1ccc(OC(F)(F)F)cc1. The molecule has 0 spiro atoms. The van der Waals surface area contributed by atoms with Crippen molar-refractivity contribution in [2.75, 3.05) is 5.32 Å². The van der Waals surface area contributed by atoms with E-state index in [1.165, 1.54) is 24.3 Å². The molecule has 0 unspecified atom stereocenters. The number of alkyl halides is 3. The number of benzene rings is 3. The lowest BCUT2D eigenvalue weighted by Gasteiger charge is -2.14. The average Bonchev–Trinajstić information content (AvgIpc) is 2.83. The Morgan fingerprint density at radius 2 is 1.58 bits per heavy atom. The van der Waals surface area contributed by atoms with Gasteiger partial charge in [0.15, 0.2) is 10.9 Å². The van der Waals surface area contributed by atoms with Crippen molar-refractivity contribution in [2.24, 2.45) is 10.3 Å². The van der Waals surface area contributed by atoms with Crippen LogP contribution < -0.4 is 20.3 Å². The third kappa shape index (κ3) is 8.38. The largest absolute Gasteiger partial charge is 0.573 e. The maximum atomic E-state index is 12.3. The van der Waals surface area contributed by atoms with Gasteiger partial charge in [-0.2, -0.15) is 5.10 Å². The summed E-state index contributed by atoms with van der Waals surface area (Å²) in [5.41, 5.74) is 6.79. The summed E-state index contributed by atoms with van der Waals surface area (Å²) in [7, 11) is 0. The van der Waals surface area contributed by atoms with Crippen LogP contribution in [0.15, 0.2) is 83.1 Å². The van der Waals surface area contributed by atoms with E-state index in [9.17, 15) is 13.2 Å². The molecule has 0 saturated heterocycles. The van der Waals surface area contributed by atoms with Crippen LogP contribution in [-0.4, -0.2) is 23.4 Å². The number of para-hydroxylation sites is 1. The molecule has 6 nitrogen and oxygen atoms in total. The molecule has 0 heterocycles. The second-order valence-electron chi connectivity index (χ2n) is 7.98. The molecule has 3 aromatic carbocycles. The van der Waals surface area contributed by atoms with Gasteiger partial charge in [-0.3, -0.25) is 5.43 Å². The fraction of sp³-hybridized carbons (Fsp3) is 0.192. The maximum absolute atomic E-state index is 12.3. The van der Waals surface area contributed by atoms with Crippen LogP contribution in [0.1, 0.15) is 43.4 Å². The van der Waals surface area contributed by atoms with Gasteiger partial charge in [-0.05, 0) is 96.3 Å². The van der Waals surface area contributed by atoms with E-state index in [2.05, 4.69) is 45.7 Å². The lowest BCUT2D eigenvalue weighted by atomic mass is 10.0. The van der Waals surface area contributed by atoms with Gasteiger partial charge in [0.25, 0.3) is 0 Å². The summed E-state index contributed by atoms with van der Waals surface area (Å²) in [6.07, 6.45) is -3.12. The van der Waals surface area contributed by atoms with Crippen molar-refractivity contribution in [1.82, 2.24) is 5.43 Å². The summed E-state index contributed by atoms with van der Waals surface area (Å²) < 4.78 is 40.7. The number of thiocarbonyl (C=S) groups is 1. The van der Waals surface area contributed by atoms with E-state index in [1.807, 2.05) is 18.2 Å². The normalized spacial score (nSPS) is 12.0. The molecule has 0 fully saturated rings. The molecule has 36 heavy (non-hydrogen) atoms. The predicted octanol–water partition coefficient (Wildman–Crippen LogP) is 6.83. The van der Waals surface area contributed by atoms with Crippen LogP contribution in [0, 0.1) is 0 Å². The Morgan fingerprint density at radius 1 is 0.944 bits per heavy atom. The minimum atomic E-state index is -4.73. The van der Waals surface area contributed by atoms with E-state index < -0.39 is 6.36 Å². The predicted molar refractivity (Wildman–Crippen MR) is 140 cm³/mol. The highest BCUT2D eigenvalue weighted by molar-refractivity contribution is 7.80. The van der Waals surface area contributed by atoms with Crippen LogP contribution in [0.25, 0.3) is 0 Å². The molecular formula is C26H25F3N4O2S. The van der Waals surface area contributed by atoms with Crippen molar-refractivity contribution < 1.29 is 22.7 Å². The number of hydrazone groups is 1. The van der Waals surface area contributed by atoms with Gasteiger partial charge in [-0.1, -0.05) is 37.2 Å². The highest BCUT2D eigenvalue weighted by Crippen LogP contribution is 2.24. The zero-order chi connectivity index (χ0) is 26.1. The number of ether oxygens (including phenoxy) is 1. The first-order valence-corrected chi connectivity index (χ1v) is 11.4. The van der Waals surface area contributed by atoms with E-state index in [-0.39, 0.29) is 5.75 Å². The first-order chi connectivity index (χ1) is 17.1. The van der Waals surface area contributed by atoms with Crippen molar-refractivity contribution in [1.29, 1.82) is 0 Å². The van der Waals surface area contributed by atoms with Crippen molar-refractivity contribution in [3.05, 3.63) is 89.5 Å². The van der Waals surface area contributed by atoms with Gasteiger partial charge in [-0.15, -0.1) is 13.2 Å². The van der Waals surface area contributed by atoms with E-state index in [4.69, 9.17) is 17.1 Å². The molecule has 3 aromatic rings. The number of oxime groups is 1. The molecule has 0 bridgehead atoms. The number of hydrogen-bond acceptors (Lipinski definition) is 5. The lowest BCUT2D eigenvalue weighted by Crippen LogP contribution is -2.24. The number of nitrogens with one attached hydrogen (secondary N) is 2. The number of hydrogen-bond donors (Lipinski definition) is 2. The molecule has 0 aliphatic rings. The van der Waals surface area contributed by atoms with Crippen molar-refractivity contribution >= 4 is 34.9 Å². The van der Waals surface area contributed by atoms with E-state index in [1.54, 1.807) is 37.4 Å². The summed E-state index contributed by atoms with van der Waals surface area (Å²) in [6, 6.07) is 20.3. The molecule has 0 aliphatic heterocycles. The van der Waals surface area contributed by atoms with Crippen LogP contribution >= 0.6 is 12.2 Å². The van der Waals surface area contributed by atoms with Gasteiger partial charge in [0, 0.05) is 5.69 Å². The molecule has 10 heteroatoms. The van der Waals surface area contributed by atoms with Gasteiger partial charge < -0.3 is 14.9 Å². The number of nitrogens with zero attached hydrogens (tertiary/aromatic N) is 2. The topological polar surface area (TPSA) is 67.2 Å².